The third-order valence-electron chi connectivity index (χ3n) is 3.88. The van der Waals surface area contributed by atoms with Crippen molar-refractivity contribution in [1.82, 2.24) is 15.3 Å². The molecular formula is C20H21N3O2. The summed E-state index contributed by atoms with van der Waals surface area (Å²) < 4.78 is 10.7. The van der Waals surface area contributed by atoms with Gasteiger partial charge in [-0.15, -0.1) is 0 Å². The Morgan fingerprint density at radius 3 is 2.36 bits per heavy atom. The molecule has 1 N–H and O–H groups in total. The number of hydrogen-bond acceptors (Lipinski definition) is 5. The van der Waals surface area contributed by atoms with Gasteiger partial charge in [-0.1, -0.05) is 12.1 Å². The first kappa shape index (κ1) is 16.9. The zero-order valence-corrected chi connectivity index (χ0v) is 14.4. The Morgan fingerprint density at radius 1 is 0.880 bits per heavy atom. The molecule has 0 atom stereocenters. The summed E-state index contributed by atoms with van der Waals surface area (Å²) in [6.45, 7) is 1.40. The molecule has 0 unspecified atom stereocenters. The summed E-state index contributed by atoms with van der Waals surface area (Å²) in [5, 5.41) is 3.35. The molecule has 0 fully saturated rings. The van der Waals surface area contributed by atoms with E-state index in [1.165, 1.54) is 0 Å². The summed E-state index contributed by atoms with van der Waals surface area (Å²) in [5.41, 5.74) is 3.94. The van der Waals surface area contributed by atoms with Crippen molar-refractivity contribution >= 4 is 0 Å². The number of hydrogen-bond donors (Lipinski definition) is 1. The highest BCUT2D eigenvalue weighted by molar-refractivity contribution is 5.71. The molecule has 2 heterocycles. The molecule has 0 aliphatic rings. The van der Waals surface area contributed by atoms with Crippen molar-refractivity contribution in [2.24, 2.45) is 0 Å². The average Bonchev–Trinajstić information content (AvgIpc) is 2.69. The third-order valence-corrected chi connectivity index (χ3v) is 3.88. The lowest BCUT2D eigenvalue weighted by molar-refractivity contribution is 0.404. The predicted molar refractivity (Wildman–Crippen MR) is 97.6 cm³/mol. The molecule has 0 aliphatic carbocycles. The minimum Gasteiger partial charge on any atom is -0.497 e. The van der Waals surface area contributed by atoms with E-state index in [1.54, 1.807) is 20.4 Å². The Labute approximate surface area is 147 Å². The minimum atomic E-state index is 0.687. The lowest BCUT2D eigenvalue weighted by Crippen LogP contribution is -2.14. The first-order chi connectivity index (χ1) is 12.3. The number of methoxy groups -OCH3 is 2. The van der Waals surface area contributed by atoms with E-state index in [4.69, 9.17) is 9.47 Å². The van der Waals surface area contributed by atoms with Gasteiger partial charge in [-0.05, 0) is 36.4 Å². The van der Waals surface area contributed by atoms with Crippen molar-refractivity contribution in [1.29, 1.82) is 0 Å². The first-order valence-corrected chi connectivity index (χ1v) is 8.08. The Morgan fingerprint density at radius 2 is 1.72 bits per heavy atom. The van der Waals surface area contributed by atoms with Gasteiger partial charge in [-0.2, -0.15) is 0 Å². The second-order valence-electron chi connectivity index (χ2n) is 5.53. The Kier molecular flexibility index (Phi) is 5.59. The van der Waals surface area contributed by atoms with Gasteiger partial charge in [0.2, 0.25) is 0 Å². The van der Waals surface area contributed by atoms with Crippen LogP contribution in [-0.2, 0) is 13.1 Å². The number of benzene rings is 1. The molecule has 0 bridgehead atoms. The second-order valence-corrected chi connectivity index (χ2v) is 5.53. The summed E-state index contributed by atoms with van der Waals surface area (Å²) in [4.78, 5) is 8.83. The van der Waals surface area contributed by atoms with Gasteiger partial charge in [0.15, 0.2) is 0 Å². The molecule has 0 radical (unpaired) electrons. The van der Waals surface area contributed by atoms with Gasteiger partial charge in [0.1, 0.15) is 11.5 Å². The van der Waals surface area contributed by atoms with Crippen LogP contribution in [0.1, 0.15) is 11.4 Å². The lowest BCUT2D eigenvalue weighted by Gasteiger charge is -2.11. The van der Waals surface area contributed by atoms with Gasteiger partial charge in [0, 0.05) is 36.6 Å². The van der Waals surface area contributed by atoms with Crippen LogP contribution in [0.4, 0.5) is 0 Å². The number of nitrogens with zero attached hydrogens (tertiary/aromatic N) is 2. The van der Waals surface area contributed by atoms with E-state index >= 15 is 0 Å². The van der Waals surface area contributed by atoms with Crippen LogP contribution < -0.4 is 14.8 Å². The summed E-state index contributed by atoms with van der Waals surface area (Å²) in [6.07, 6.45) is 3.65. The normalized spacial score (nSPS) is 10.5. The Bertz CT molecular complexity index is 805. The quantitative estimate of drug-likeness (QED) is 0.717. The van der Waals surface area contributed by atoms with E-state index in [1.807, 2.05) is 54.7 Å². The Balaban J connectivity index is 1.68. The highest BCUT2D eigenvalue weighted by Crippen LogP contribution is 2.32. The number of pyridine rings is 2. The zero-order valence-electron chi connectivity index (χ0n) is 14.4. The van der Waals surface area contributed by atoms with Crippen molar-refractivity contribution in [2.75, 3.05) is 14.2 Å². The summed E-state index contributed by atoms with van der Waals surface area (Å²) in [7, 11) is 3.31. The van der Waals surface area contributed by atoms with Crippen LogP contribution in [0, 0.1) is 0 Å². The molecule has 5 nitrogen and oxygen atoms in total. The maximum Gasteiger partial charge on any atom is 0.127 e. The maximum atomic E-state index is 5.44. The van der Waals surface area contributed by atoms with Gasteiger partial charge in [0.05, 0.1) is 25.6 Å². The lowest BCUT2D eigenvalue weighted by atomic mass is 10.1. The van der Waals surface area contributed by atoms with Crippen LogP contribution in [0.3, 0.4) is 0 Å². The van der Waals surface area contributed by atoms with Crippen LogP contribution in [0.5, 0.6) is 11.5 Å². The standard InChI is InChI=1S/C20H21N3O2/c1-24-18-8-9-20(25-2)19(11-18)15-6-7-17(23-12-15)14-21-13-16-5-3-4-10-22-16/h3-12,21H,13-14H2,1-2H3. The molecule has 0 aliphatic heterocycles. The first-order valence-electron chi connectivity index (χ1n) is 8.08. The van der Waals surface area contributed by atoms with Crippen LogP contribution in [0.25, 0.3) is 11.1 Å². The number of ether oxygens (including phenoxy) is 2. The van der Waals surface area contributed by atoms with Crippen LogP contribution >= 0.6 is 0 Å². The molecule has 128 valence electrons. The summed E-state index contributed by atoms with van der Waals surface area (Å²) in [6, 6.07) is 15.7. The summed E-state index contributed by atoms with van der Waals surface area (Å²) in [5.74, 6) is 1.58. The Hall–Kier alpha value is -2.92. The molecule has 25 heavy (non-hydrogen) atoms. The minimum absolute atomic E-state index is 0.687. The van der Waals surface area contributed by atoms with E-state index < -0.39 is 0 Å². The van der Waals surface area contributed by atoms with Gasteiger partial charge in [-0.25, -0.2) is 0 Å². The summed E-state index contributed by atoms with van der Waals surface area (Å²) >= 11 is 0. The molecule has 2 aromatic heterocycles. The van der Waals surface area contributed by atoms with Crippen LogP contribution in [-0.4, -0.2) is 24.2 Å². The SMILES string of the molecule is COc1ccc(OC)c(-c2ccc(CNCc3ccccn3)nc2)c1. The van der Waals surface area contributed by atoms with Crippen LogP contribution in [0.15, 0.2) is 60.9 Å². The van der Waals surface area contributed by atoms with Gasteiger partial charge < -0.3 is 14.8 Å². The van der Waals surface area contributed by atoms with E-state index in [0.29, 0.717) is 13.1 Å². The molecule has 0 saturated carbocycles. The third kappa shape index (κ3) is 4.33. The van der Waals surface area contributed by atoms with E-state index in [9.17, 15) is 0 Å². The van der Waals surface area contributed by atoms with Gasteiger partial charge in [0.25, 0.3) is 0 Å². The smallest absolute Gasteiger partial charge is 0.127 e. The molecule has 3 rings (SSSR count). The van der Waals surface area contributed by atoms with Crippen LogP contribution in [0.2, 0.25) is 0 Å². The fourth-order valence-corrected chi connectivity index (χ4v) is 2.55. The largest absolute Gasteiger partial charge is 0.497 e. The predicted octanol–water partition coefficient (Wildman–Crippen LogP) is 3.45. The van der Waals surface area contributed by atoms with E-state index in [0.717, 1.165) is 34.0 Å². The molecule has 5 heteroatoms. The molecule has 0 amide bonds. The van der Waals surface area contributed by atoms with E-state index in [2.05, 4.69) is 15.3 Å². The number of nitrogens with one attached hydrogen (secondary N) is 1. The zero-order chi connectivity index (χ0) is 17.5. The fraction of sp³-hybridized carbons (Fsp3) is 0.200. The number of rotatable bonds is 7. The highest BCUT2D eigenvalue weighted by atomic mass is 16.5. The highest BCUT2D eigenvalue weighted by Gasteiger charge is 2.08. The van der Waals surface area contributed by atoms with Crippen molar-refractivity contribution in [2.45, 2.75) is 13.1 Å². The second kappa shape index (κ2) is 8.26. The molecule has 0 spiro atoms. The molecule has 0 saturated heterocycles. The monoisotopic (exact) mass is 335 g/mol. The molecular weight excluding hydrogens is 314 g/mol. The van der Waals surface area contributed by atoms with Crippen molar-refractivity contribution in [3.05, 3.63) is 72.3 Å². The molecule has 3 aromatic rings. The van der Waals surface area contributed by atoms with E-state index in [-0.39, 0.29) is 0 Å². The molecule has 1 aromatic carbocycles. The van der Waals surface area contributed by atoms with Crippen molar-refractivity contribution < 1.29 is 9.47 Å². The maximum absolute atomic E-state index is 5.44. The fourth-order valence-electron chi connectivity index (χ4n) is 2.55. The van der Waals surface area contributed by atoms with Crippen molar-refractivity contribution in [3.8, 4) is 22.6 Å². The number of aromatic nitrogens is 2. The average molecular weight is 335 g/mol. The topological polar surface area (TPSA) is 56.3 Å². The van der Waals surface area contributed by atoms with Crippen molar-refractivity contribution in [3.63, 3.8) is 0 Å². The van der Waals surface area contributed by atoms with Gasteiger partial charge >= 0.3 is 0 Å². The van der Waals surface area contributed by atoms with Gasteiger partial charge in [-0.3, -0.25) is 9.97 Å².